The fraction of sp³-hybridized carbons (Fsp3) is 0.933. The van der Waals surface area contributed by atoms with Crippen molar-refractivity contribution >= 4 is 16.7 Å². The Balaban J connectivity index is 1.59. The fourth-order valence-electron chi connectivity index (χ4n) is 5.07. The Kier molecular flexibility index (Phi) is 4.37. The van der Waals surface area contributed by atoms with Crippen LogP contribution in [0, 0.1) is 23.2 Å². The van der Waals surface area contributed by atoms with Crippen molar-refractivity contribution in [2.45, 2.75) is 56.1 Å². The quantitative estimate of drug-likeness (QED) is 0.442. The van der Waals surface area contributed by atoms with Crippen LogP contribution in [0.15, 0.2) is 0 Å². The predicted molar refractivity (Wildman–Crippen MR) is 76.4 cm³/mol. The average molecular weight is 372 g/mol. The lowest BCUT2D eigenvalue weighted by molar-refractivity contribution is -0.183. The summed E-state index contributed by atoms with van der Waals surface area (Å²) in [7, 11) is -4.61. The first-order chi connectivity index (χ1) is 11.1. The van der Waals surface area contributed by atoms with Crippen molar-refractivity contribution in [1.29, 1.82) is 0 Å². The molecular weight excluding hydrogens is 352 g/mol. The lowest BCUT2D eigenvalue weighted by Gasteiger charge is -2.55. The number of hydrogen-bond donors (Lipinski definition) is 1. The van der Waals surface area contributed by atoms with E-state index in [1.807, 2.05) is 0 Å². The molecule has 0 unspecified atom stereocenters. The van der Waals surface area contributed by atoms with Gasteiger partial charge in [-0.2, -0.15) is 17.6 Å². The number of carbonyl (C=O) groups is 1. The molecule has 0 heterocycles. The number of ether oxygens (including phenoxy) is 1. The minimum atomic E-state index is -5.14. The van der Waals surface area contributed by atoms with Gasteiger partial charge >= 0.3 is 17.1 Å². The Bertz CT molecular complexity index is 559. The van der Waals surface area contributed by atoms with Gasteiger partial charge in [0, 0.05) is 0 Å². The summed E-state index contributed by atoms with van der Waals surface area (Å²) in [5, 5.41) is -5.14. The molecule has 0 aromatic heterocycles. The van der Waals surface area contributed by atoms with Crippen LogP contribution >= 0.6 is 0 Å². The predicted octanol–water partition coefficient (Wildman–Crippen LogP) is 2.98. The zero-order valence-corrected chi connectivity index (χ0v) is 13.9. The molecule has 0 amide bonds. The van der Waals surface area contributed by atoms with Crippen molar-refractivity contribution in [3.63, 3.8) is 0 Å². The summed E-state index contributed by atoms with van der Waals surface area (Å²) < 4.78 is 78.1. The van der Waals surface area contributed by atoms with Crippen LogP contribution in [0.25, 0.3) is 0 Å². The van der Waals surface area contributed by atoms with Crippen molar-refractivity contribution in [1.82, 2.24) is 0 Å². The van der Waals surface area contributed by atoms with Crippen molar-refractivity contribution in [2.24, 2.45) is 23.2 Å². The minimum Gasteiger partial charge on any atom is -0.465 e. The molecule has 4 bridgehead atoms. The molecule has 0 aromatic carbocycles. The van der Waals surface area contributed by atoms with Gasteiger partial charge in [-0.1, -0.05) is 0 Å². The van der Waals surface area contributed by atoms with E-state index in [1.54, 1.807) is 0 Å². The van der Waals surface area contributed by atoms with Crippen molar-refractivity contribution in [3.05, 3.63) is 0 Å². The summed E-state index contributed by atoms with van der Waals surface area (Å²) in [6, 6.07) is 0. The van der Waals surface area contributed by atoms with Gasteiger partial charge in [0.15, 0.2) is 0 Å². The van der Waals surface area contributed by atoms with Gasteiger partial charge in [-0.05, 0) is 56.3 Å². The van der Waals surface area contributed by atoms with E-state index in [2.05, 4.69) is 0 Å². The van der Waals surface area contributed by atoms with Gasteiger partial charge in [0.1, 0.15) is 0 Å². The third-order valence-corrected chi connectivity index (χ3v) is 6.58. The molecule has 4 nitrogen and oxygen atoms in total. The molecule has 9 heteroatoms. The highest BCUT2D eigenvalue weighted by Crippen LogP contribution is 2.60. The Morgan fingerprint density at radius 3 is 1.88 bits per heavy atom. The van der Waals surface area contributed by atoms with Gasteiger partial charge < -0.3 is 4.74 Å². The van der Waals surface area contributed by atoms with Gasteiger partial charge in [0.05, 0.1) is 18.4 Å². The molecule has 0 aliphatic heterocycles. The smallest absolute Gasteiger partial charge is 0.404 e. The zero-order chi connectivity index (χ0) is 17.8. The molecule has 138 valence electrons. The zero-order valence-electron chi connectivity index (χ0n) is 13.0. The van der Waals surface area contributed by atoms with Crippen LogP contribution in [0.1, 0.15) is 44.9 Å². The monoisotopic (exact) mass is 372 g/mol. The van der Waals surface area contributed by atoms with Crippen LogP contribution in [0.5, 0.6) is 0 Å². The summed E-state index contributed by atoms with van der Waals surface area (Å²) in [5.74, 6) is -3.98. The molecule has 0 atom stereocenters. The lowest BCUT2D eigenvalue weighted by atomic mass is 9.49. The number of hydrogen-bond acceptors (Lipinski definition) is 4. The molecule has 0 saturated heterocycles. The van der Waals surface area contributed by atoms with Gasteiger partial charge in [-0.15, -0.1) is 0 Å². The van der Waals surface area contributed by atoms with E-state index < -0.39 is 46.3 Å². The third-order valence-electron chi connectivity index (χ3n) is 5.79. The second-order valence-electron chi connectivity index (χ2n) is 7.59. The van der Waals surface area contributed by atoms with Gasteiger partial charge in [-0.25, -0.2) is 8.42 Å². The standard InChI is InChI=1S/C15H20F4O4S/c16-14(17,15(18,19)24(21)22)1-2-23-12(20)13-6-9-3-10(7-13)5-11(4-9)8-13/h9-11,24H,1-8H2. The molecule has 0 N–H and O–H groups in total. The number of carbonyl (C=O) groups excluding carboxylic acids is 1. The molecule has 0 spiro atoms. The van der Waals surface area contributed by atoms with E-state index in [0.717, 1.165) is 19.3 Å². The van der Waals surface area contributed by atoms with Crippen LogP contribution in [-0.2, 0) is 20.2 Å². The maximum Gasteiger partial charge on any atom is 0.404 e. The Hall–Kier alpha value is -0.860. The van der Waals surface area contributed by atoms with Crippen molar-refractivity contribution in [3.8, 4) is 0 Å². The van der Waals surface area contributed by atoms with E-state index >= 15 is 0 Å². The highest BCUT2D eigenvalue weighted by Gasteiger charge is 2.60. The van der Waals surface area contributed by atoms with E-state index in [1.165, 1.54) is 0 Å². The molecule has 0 radical (unpaired) electrons. The Morgan fingerprint density at radius 1 is 1.00 bits per heavy atom. The molecule has 4 aliphatic carbocycles. The molecule has 0 aromatic rings. The van der Waals surface area contributed by atoms with Crippen molar-refractivity contribution in [2.75, 3.05) is 6.61 Å². The molecule has 4 rings (SSSR count). The Morgan fingerprint density at radius 2 is 1.46 bits per heavy atom. The largest absolute Gasteiger partial charge is 0.465 e. The first kappa shape index (κ1) is 17.9. The minimum absolute atomic E-state index is 0.457. The van der Waals surface area contributed by atoms with Crippen LogP contribution in [0.4, 0.5) is 17.6 Å². The normalized spacial score (nSPS) is 35.5. The lowest BCUT2D eigenvalue weighted by Crippen LogP contribution is -2.51. The van der Waals surface area contributed by atoms with Crippen LogP contribution in [0.3, 0.4) is 0 Å². The van der Waals surface area contributed by atoms with Crippen LogP contribution in [0.2, 0.25) is 0 Å². The summed E-state index contributed by atoms with van der Waals surface area (Å²) in [4.78, 5) is 12.4. The number of thiol groups is 1. The molecule has 4 aliphatic rings. The first-order valence-corrected chi connectivity index (χ1v) is 9.31. The highest BCUT2D eigenvalue weighted by molar-refractivity contribution is 7.73. The highest BCUT2D eigenvalue weighted by atomic mass is 32.2. The fourth-order valence-corrected chi connectivity index (χ4v) is 5.45. The topological polar surface area (TPSA) is 60.4 Å². The summed E-state index contributed by atoms with van der Waals surface area (Å²) in [5.41, 5.74) is -0.657. The SMILES string of the molecule is O=C(OCCC(F)(F)C(F)(F)[SH](=O)=O)C12CC3CC(CC(C3)C1)C2. The second-order valence-corrected chi connectivity index (χ2v) is 8.66. The van der Waals surface area contributed by atoms with Gasteiger partial charge in [0.25, 0.3) is 0 Å². The van der Waals surface area contributed by atoms with E-state index in [4.69, 9.17) is 4.74 Å². The molecule has 24 heavy (non-hydrogen) atoms. The molecule has 4 fully saturated rings. The second kappa shape index (κ2) is 5.85. The Labute approximate surface area is 138 Å². The van der Waals surface area contributed by atoms with E-state index in [-0.39, 0.29) is 0 Å². The first-order valence-electron chi connectivity index (χ1n) is 8.13. The maximum atomic E-state index is 13.3. The number of rotatable bonds is 6. The number of halogens is 4. The summed E-state index contributed by atoms with van der Waals surface area (Å²) >= 11 is 0. The summed E-state index contributed by atoms with van der Waals surface area (Å²) in [6.07, 6.45) is 3.79. The van der Waals surface area contributed by atoms with Crippen LogP contribution in [-0.4, -0.2) is 32.2 Å². The van der Waals surface area contributed by atoms with E-state index in [0.29, 0.717) is 37.0 Å². The average Bonchev–Trinajstić information content (AvgIpc) is 2.45. The van der Waals surface area contributed by atoms with E-state index in [9.17, 15) is 30.8 Å². The molecular formula is C15H20F4O4S. The van der Waals surface area contributed by atoms with Gasteiger partial charge in [0.2, 0.25) is 10.7 Å². The molecule has 4 saturated carbocycles. The maximum absolute atomic E-state index is 13.3. The van der Waals surface area contributed by atoms with Crippen LogP contribution < -0.4 is 0 Å². The van der Waals surface area contributed by atoms with Gasteiger partial charge in [-0.3, -0.25) is 4.79 Å². The van der Waals surface area contributed by atoms with Crippen molar-refractivity contribution < 1.29 is 35.5 Å². The number of esters is 1. The third kappa shape index (κ3) is 2.93. The number of alkyl halides is 4. The summed E-state index contributed by atoms with van der Waals surface area (Å²) in [6.45, 7) is -0.910.